The van der Waals surface area contributed by atoms with E-state index in [9.17, 15) is 9.59 Å². The summed E-state index contributed by atoms with van der Waals surface area (Å²) in [6, 6.07) is 10.0. The largest absolute Gasteiger partial charge is 0.496 e. The van der Waals surface area contributed by atoms with E-state index >= 15 is 0 Å². The molecule has 0 aromatic heterocycles. The van der Waals surface area contributed by atoms with Crippen molar-refractivity contribution < 1.29 is 33.3 Å². The first-order chi connectivity index (χ1) is 13.5. The Labute approximate surface area is 162 Å². The molecule has 0 bridgehead atoms. The van der Waals surface area contributed by atoms with Gasteiger partial charge in [-0.3, -0.25) is 4.79 Å². The molecule has 0 aliphatic carbocycles. The Morgan fingerprint density at radius 1 is 1.07 bits per heavy atom. The number of esters is 1. The predicted molar refractivity (Wildman–Crippen MR) is 99.0 cm³/mol. The molecule has 28 heavy (non-hydrogen) atoms. The van der Waals surface area contributed by atoms with Gasteiger partial charge >= 0.3 is 5.97 Å². The molecule has 1 atom stereocenters. The topological polar surface area (TPSA) is 92.3 Å². The van der Waals surface area contributed by atoms with E-state index in [1.165, 1.54) is 14.2 Å². The Balaban J connectivity index is 1.59. The number of rotatable bonds is 7. The molecule has 0 fully saturated rings. The number of carbonyl (C=O) groups is 2. The van der Waals surface area contributed by atoms with Crippen molar-refractivity contribution in [2.24, 2.45) is 0 Å². The van der Waals surface area contributed by atoms with E-state index in [0.29, 0.717) is 23.0 Å². The maximum Gasteiger partial charge on any atom is 0.346 e. The minimum atomic E-state index is -0.708. The zero-order valence-corrected chi connectivity index (χ0v) is 15.8. The van der Waals surface area contributed by atoms with Gasteiger partial charge in [0.2, 0.25) is 6.79 Å². The summed E-state index contributed by atoms with van der Waals surface area (Å²) in [4.78, 5) is 24.6. The van der Waals surface area contributed by atoms with Gasteiger partial charge in [-0.05, 0) is 36.8 Å². The van der Waals surface area contributed by atoms with Crippen molar-refractivity contribution in [3.63, 3.8) is 0 Å². The van der Waals surface area contributed by atoms with Crippen molar-refractivity contribution in [2.75, 3.05) is 27.6 Å². The minimum absolute atomic E-state index is 0.129. The van der Waals surface area contributed by atoms with Crippen LogP contribution < -0.4 is 24.3 Å². The molecular weight excluding hydrogens is 366 g/mol. The van der Waals surface area contributed by atoms with Crippen LogP contribution in [0.2, 0.25) is 0 Å². The van der Waals surface area contributed by atoms with Crippen molar-refractivity contribution in [1.82, 2.24) is 5.32 Å². The van der Waals surface area contributed by atoms with Crippen molar-refractivity contribution >= 4 is 11.9 Å². The van der Waals surface area contributed by atoms with E-state index in [0.717, 1.165) is 5.56 Å². The van der Waals surface area contributed by atoms with E-state index in [2.05, 4.69) is 5.32 Å². The summed E-state index contributed by atoms with van der Waals surface area (Å²) in [5.74, 6) is 0.764. The molecule has 0 spiro atoms. The lowest BCUT2D eigenvalue weighted by atomic mass is 10.1. The average molecular weight is 387 g/mol. The van der Waals surface area contributed by atoms with Crippen LogP contribution in [0.4, 0.5) is 0 Å². The molecule has 2 aromatic rings. The minimum Gasteiger partial charge on any atom is -0.496 e. The first kappa shape index (κ1) is 19.3. The second-order valence-electron chi connectivity index (χ2n) is 6.02. The lowest BCUT2D eigenvalue weighted by molar-refractivity contribution is -0.124. The van der Waals surface area contributed by atoms with Gasteiger partial charge in [-0.25, -0.2) is 4.79 Å². The van der Waals surface area contributed by atoms with Crippen LogP contribution in [-0.2, 0) is 9.53 Å². The highest BCUT2D eigenvalue weighted by Crippen LogP contribution is 2.34. The third-order valence-electron chi connectivity index (χ3n) is 4.24. The third kappa shape index (κ3) is 4.11. The molecule has 1 amide bonds. The van der Waals surface area contributed by atoms with Crippen LogP contribution in [0.3, 0.4) is 0 Å². The Morgan fingerprint density at radius 3 is 2.43 bits per heavy atom. The van der Waals surface area contributed by atoms with Gasteiger partial charge < -0.3 is 29.0 Å². The number of methoxy groups -OCH3 is 2. The zero-order chi connectivity index (χ0) is 20.1. The van der Waals surface area contributed by atoms with E-state index in [1.807, 2.05) is 13.0 Å². The number of fused-ring (bicyclic) bond motifs is 1. The summed E-state index contributed by atoms with van der Waals surface area (Å²) in [5, 5.41) is 2.78. The van der Waals surface area contributed by atoms with Gasteiger partial charge in [0.15, 0.2) is 18.1 Å². The Kier molecular flexibility index (Phi) is 5.88. The van der Waals surface area contributed by atoms with Crippen molar-refractivity contribution in [3.8, 4) is 23.0 Å². The van der Waals surface area contributed by atoms with Crippen LogP contribution in [0.25, 0.3) is 0 Å². The molecule has 8 heteroatoms. The smallest absolute Gasteiger partial charge is 0.346 e. The molecule has 2 aromatic carbocycles. The first-order valence-electron chi connectivity index (χ1n) is 8.60. The fourth-order valence-corrected chi connectivity index (χ4v) is 2.80. The highest BCUT2D eigenvalue weighted by Gasteiger charge is 2.21. The van der Waals surface area contributed by atoms with Crippen molar-refractivity contribution in [2.45, 2.75) is 13.0 Å². The zero-order valence-electron chi connectivity index (χ0n) is 15.8. The van der Waals surface area contributed by atoms with E-state index in [1.54, 1.807) is 30.3 Å². The summed E-state index contributed by atoms with van der Waals surface area (Å²) in [6.45, 7) is 1.57. The molecule has 1 N–H and O–H groups in total. The van der Waals surface area contributed by atoms with Gasteiger partial charge in [0.1, 0.15) is 17.1 Å². The molecule has 0 saturated carbocycles. The van der Waals surface area contributed by atoms with Gasteiger partial charge in [0, 0.05) is 0 Å². The van der Waals surface area contributed by atoms with Crippen LogP contribution in [0.5, 0.6) is 23.0 Å². The number of nitrogens with one attached hydrogen (secondary N) is 1. The average Bonchev–Trinajstić information content (AvgIpc) is 3.19. The number of hydrogen-bond acceptors (Lipinski definition) is 7. The fourth-order valence-electron chi connectivity index (χ4n) is 2.80. The molecular formula is C20H21NO7. The maximum absolute atomic E-state index is 12.4. The summed E-state index contributed by atoms with van der Waals surface area (Å²) >= 11 is 0. The van der Waals surface area contributed by atoms with Gasteiger partial charge in [-0.15, -0.1) is 0 Å². The molecule has 1 heterocycles. The highest BCUT2D eigenvalue weighted by molar-refractivity contribution is 5.96. The lowest BCUT2D eigenvalue weighted by Crippen LogP contribution is -2.31. The number of carbonyl (C=O) groups excluding carboxylic acids is 2. The molecule has 0 saturated heterocycles. The van der Waals surface area contributed by atoms with Crippen LogP contribution in [0.1, 0.15) is 28.9 Å². The number of hydrogen-bond donors (Lipinski definition) is 1. The monoisotopic (exact) mass is 387 g/mol. The molecule has 1 unspecified atom stereocenters. The first-order valence-corrected chi connectivity index (χ1v) is 8.60. The van der Waals surface area contributed by atoms with Crippen LogP contribution >= 0.6 is 0 Å². The summed E-state index contributed by atoms with van der Waals surface area (Å²) in [5.41, 5.74) is 0.972. The summed E-state index contributed by atoms with van der Waals surface area (Å²) in [7, 11) is 2.87. The molecule has 0 radical (unpaired) electrons. The Hall–Kier alpha value is -3.42. The van der Waals surface area contributed by atoms with E-state index in [4.69, 9.17) is 23.7 Å². The maximum atomic E-state index is 12.4. The second kappa shape index (κ2) is 8.51. The van der Waals surface area contributed by atoms with Crippen molar-refractivity contribution in [1.29, 1.82) is 0 Å². The van der Waals surface area contributed by atoms with Gasteiger partial charge in [0.25, 0.3) is 5.91 Å². The quantitative estimate of drug-likeness (QED) is 0.730. The number of ether oxygens (including phenoxy) is 5. The van der Waals surface area contributed by atoms with Crippen LogP contribution in [-0.4, -0.2) is 39.5 Å². The third-order valence-corrected chi connectivity index (χ3v) is 4.24. The lowest BCUT2D eigenvalue weighted by Gasteiger charge is -2.16. The highest BCUT2D eigenvalue weighted by atomic mass is 16.7. The molecule has 1 aliphatic heterocycles. The fraction of sp³-hybridized carbons (Fsp3) is 0.300. The molecule has 8 nitrogen and oxygen atoms in total. The molecule has 1 aliphatic rings. The molecule has 3 rings (SSSR count). The van der Waals surface area contributed by atoms with Gasteiger partial charge in [0.05, 0.1) is 20.3 Å². The van der Waals surface area contributed by atoms with E-state index in [-0.39, 0.29) is 18.4 Å². The Bertz CT molecular complexity index is 859. The number of amides is 1. The molecule has 148 valence electrons. The summed E-state index contributed by atoms with van der Waals surface area (Å²) < 4.78 is 26.1. The SMILES string of the molecule is COc1cccc(OC)c1C(=O)OCC(=O)NC(C)c1ccc2c(c1)OCO2. The van der Waals surface area contributed by atoms with Crippen molar-refractivity contribution in [3.05, 3.63) is 47.5 Å². The second-order valence-corrected chi connectivity index (χ2v) is 6.02. The number of benzene rings is 2. The standard InChI is InChI=1S/C20H21NO7/c1-12(13-7-8-14-17(9-13)28-11-27-14)21-18(22)10-26-20(23)19-15(24-2)5-4-6-16(19)25-3/h4-9,12H,10-11H2,1-3H3,(H,21,22). The van der Waals surface area contributed by atoms with Gasteiger partial charge in [-0.1, -0.05) is 12.1 Å². The van der Waals surface area contributed by atoms with Gasteiger partial charge in [-0.2, -0.15) is 0 Å². The van der Waals surface area contributed by atoms with Crippen LogP contribution in [0.15, 0.2) is 36.4 Å². The van der Waals surface area contributed by atoms with Crippen LogP contribution in [0, 0.1) is 0 Å². The van der Waals surface area contributed by atoms with E-state index < -0.39 is 18.5 Å². The Morgan fingerprint density at radius 2 is 1.75 bits per heavy atom. The normalized spacial score (nSPS) is 12.8. The predicted octanol–water partition coefficient (Wildman–Crippen LogP) is 2.47. The summed E-state index contributed by atoms with van der Waals surface area (Å²) in [6.07, 6.45) is 0.